The number of nitrogens with zero attached hydrogens (tertiary/aromatic N) is 4. The molecule has 0 radical (unpaired) electrons. The zero-order valence-electron chi connectivity index (χ0n) is 17.5. The minimum atomic E-state index is -0.272. The number of carbonyl (C=O) groups is 2. The van der Waals surface area contributed by atoms with E-state index in [2.05, 4.69) is 10.4 Å². The van der Waals surface area contributed by atoms with Crippen molar-refractivity contribution in [3.63, 3.8) is 0 Å². The number of aromatic nitrogens is 3. The van der Waals surface area contributed by atoms with E-state index in [1.165, 1.54) is 4.90 Å². The second-order valence-corrected chi connectivity index (χ2v) is 9.09. The van der Waals surface area contributed by atoms with Crippen molar-refractivity contribution in [1.29, 1.82) is 0 Å². The summed E-state index contributed by atoms with van der Waals surface area (Å²) in [7, 11) is 5.21. The lowest BCUT2D eigenvalue weighted by Crippen LogP contribution is -2.17. The summed E-state index contributed by atoms with van der Waals surface area (Å²) in [5.74, 6) is -0.272. The first-order valence-electron chi connectivity index (χ1n) is 9.53. The molecule has 4 rings (SSSR count). The molecule has 0 spiro atoms. The Balaban J connectivity index is 1.76. The predicted molar refractivity (Wildman–Crippen MR) is 126 cm³/mol. The van der Waals surface area contributed by atoms with Gasteiger partial charge in [-0.15, -0.1) is 11.3 Å². The van der Waals surface area contributed by atoms with Gasteiger partial charge in [0.2, 0.25) is 0 Å². The molecule has 0 unspecified atom stereocenters. The zero-order chi connectivity index (χ0) is 22.1. The van der Waals surface area contributed by atoms with Gasteiger partial charge in [-0.3, -0.25) is 14.3 Å². The van der Waals surface area contributed by atoms with Gasteiger partial charge >= 0.3 is 0 Å². The van der Waals surface area contributed by atoms with E-state index in [1.807, 2.05) is 49.7 Å². The normalized spacial score (nSPS) is 11.0. The number of carbonyl (C=O) groups excluding carboxylic acids is 2. The first kappa shape index (κ1) is 21.1. The number of fused-ring (bicyclic) bond motifs is 1. The van der Waals surface area contributed by atoms with Crippen LogP contribution in [-0.4, -0.2) is 44.9 Å². The third kappa shape index (κ3) is 4.19. The Hall–Kier alpha value is -3.17. The smallest absolute Gasteiger partial charge is 0.286 e. The summed E-state index contributed by atoms with van der Waals surface area (Å²) in [6, 6.07) is 13.0. The molecule has 4 aromatic rings. The molecule has 0 aliphatic carbocycles. The van der Waals surface area contributed by atoms with Crippen LogP contribution < -0.4 is 5.32 Å². The number of anilines is 1. The van der Waals surface area contributed by atoms with Crippen LogP contribution in [0.5, 0.6) is 0 Å². The minimum Gasteiger partial charge on any atom is -0.339 e. The Morgan fingerprint density at radius 1 is 1.16 bits per heavy atom. The van der Waals surface area contributed by atoms with Crippen molar-refractivity contribution in [2.24, 2.45) is 7.05 Å². The van der Waals surface area contributed by atoms with Crippen LogP contribution in [0.25, 0.3) is 21.6 Å². The maximum Gasteiger partial charge on any atom is 0.286 e. The van der Waals surface area contributed by atoms with Crippen molar-refractivity contribution in [2.45, 2.75) is 11.8 Å². The summed E-state index contributed by atoms with van der Waals surface area (Å²) in [6.07, 6.45) is 0. The van der Waals surface area contributed by atoms with E-state index in [0.29, 0.717) is 21.8 Å². The van der Waals surface area contributed by atoms with Gasteiger partial charge in [-0.1, -0.05) is 18.2 Å². The highest BCUT2D eigenvalue weighted by atomic mass is 32.2. The molecule has 9 heteroatoms. The van der Waals surface area contributed by atoms with Gasteiger partial charge in [-0.2, -0.15) is 5.10 Å². The van der Waals surface area contributed by atoms with Gasteiger partial charge in [0.1, 0.15) is 0 Å². The lowest BCUT2D eigenvalue weighted by Gasteiger charge is -2.14. The van der Waals surface area contributed by atoms with Crippen molar-refractivity contribution in [2.75, 3.05) is 19.4 Å². The number of hydrogen-bond donors (Lipinski definition) is 1. The van der Waals surface area contributed by atoms with E-state index in [1.54, 1.807) is 42.2 Å². The zero-order valence-corrected chi connectivity index (χ0v) is 19.2. The van der Waals surface area contributed by atoms with Gasteiger partial charge in [-0.25, -0.2) is 4.98 Å². The predicted octanol–water partition coefficient (Wildman–Crippen LogP) is 5.03. The third-order valence-corrected chi connectivity index (χ3v) is 6.69. The number of thioether (sulfide) groups is 1. The van der Waals surface area contributed by atoms with Gasteiger partial charge in [0.05, 0.1) is 32.9 Å². The number of amides is 2. The molecule has 3 aromatic heterocycles. The molecule has 0 atom stereocenters. The van der Waals surface area contributed by atoms with Crippen LogP contribution in [0.1, 0.15) is 16.1 Å². The van der Waals surface area contributed by atoms with Crippen molar-refractivity contribution in [1.82, 2.24) is 19.7 Å². The molecule has 0 aliphatic heterocycles. The first-order chi connectivity index (χ1) is 14.8. The Kier molecular flexibility index (Phi) is 5.79. The van der Waals surface area contributed by atoms with E-state index in [-0.39, 0.29) is 11.1 Å². The topological polar surface area (TPSA) is 80.1 Å². The summed E-state index contributed by atoms with van der Waals surface area (Å²) in [5.41, 5.74) is 3.19. The molecular weight excluding hydrogens is 430 g/mol. The van der Waals surface area contributed by atoms with E-state index in [4.69, 9.17) is 4.98 Å². The highest BCUT2D eigenvalue weighted by Crippen LogP contribution is 2.32. The molecule has 7 nitrogen and oxygen atoms in total. The number of aryl methyl sites for hydroxylation is 2. The Labute approximate surface area is 188 Å². The number of para-hydroxylation sites is 1. The summed E-state index contributed by atoms with van der Waals surface area (Å²) in [6.45, 7) is 1.87. The number of nitrogens with one attached hydrogen (secondary N) is 1. The third-order valence-electron chi connectivity index (χ3n) is 4.68. The molecular formula is C22H21N5O2S2. The maximum atomic E-state index is 13.4. The van der Waals surface area contributed by atoms with E-state index >= 15 is 0 Å². The molecule has 1 aromatic carbocycles. The lowest BCUT2D eigenvalue weighted by molar-refractivity contribution is 0.102. The van der Waals surface area contributed by atoms with Crippen LogP contribution in [0.3, 0.4) is 0 Å². The van der Waals surface area contributed by atoms with E-state index in [0.717, 1.165) is 33.4 Å². The number of thiophene rings is 1. The average molecular weight is 452 g/mol. The summed E-state index contributed by atoms with van der Waals surface area (Å²) < 4.78 is 1.69. The van der Waals surface area contributed by atoms with Crippen molar-refractivity contribution in [3.05, 3.63) is 59.1 Å². The summed E-state index contributed by atoms with van der Waals surface area (Å²) in [4.78, 5) is 33.5. The number of pyridine rings is 1. The second-order valence-electron chi connectivity index (χ2n) is 7.15. The Morgan fingerprint density at radius 3 is 2.65 bits per heavy atom. The van der Waals surface area contributed by atoms with Crippen LogP contribution in [-0.2, 0) is 7.05 Å². The fraction of sp³-hybridized carbons (Fsp3) is 0.182. The van der Waals surface area contributed by atoms with Crippen LogP contribution in [0.15, 0.2) is 52.7 Å². The number of rotatable bonds is 4. The van der Waals surface area contributed by atoms with Crippen LogP contribution >= 0.6 is 23.1 Å². The number of benzene rings is 1. The molecule has 1 N–H and O–H groups in total. The maximum absolute atomic E-state index is 13.4. The van der Waals surface area contributed by atoms with E-state index in [9.17, 15) is 9.59 Å². The summed E-state index contributed by atoms with van der Waals surface area (Å²) in [5, 5.41) is 10.0. The van der Waals surface area contributed by atoms with Crippen LogP contribution in [0.4, 0.5) is 10.5 Å². The van der Waals surface area contributed by atoms with Gasteiger partial charge in [0, 0.05) is 26.0 Å². The van der Waals surface area contributed by atoms with E-state index < -0.39 is 0 Å². The molecule has 0 fully saturated rings. The fourth-order valence-electron chi connectivity index (χ4n) is 3.21. The van der Waals surface area contributed by atoms with Crippen LogP contribution in [0.2, 0.25) is 0 Å². The average Bonchev–Trinajstić information content (AvgIpc) is 3.37. The quantitative estimate of drug-likeness (QED) is 0.440. The molecule has 158 valence electrons. The van der Waals surface area contributed by atoms with Gasteiger partial charge in [0.25, 0.3) is 11.1 Å². The molecule has 0 aliphatic rings. The highest BCUT2D eigenvalue weighted by molar-refractivity contribution is 8.13. The molecule has 31 heavy (non-hydrogen) atoms. The monoisotopic (exact) mass is 451 g/mol. The molecule has 0 saturated heterocycles. The Bertz CT molecular complexity index is 1280. The second kappa shape index (κ2) is 8.52. The first-order valence-corrected chi connectivity index (χ1v) is 11.2. The van der Waals surface area contributed by atoms with Crippen molar-refractivity contribution in [3.8, 4) is 10.6 Å². The SMILES string of the molecule is Cc1nn(C)c2nc(-c3cccs3)cc(C(=O)Nc3ccccc3SC(=O)N(C)C)c12. The van der Waals surface area contributed by atoms with Crippen molar-refractivity contribution >= 4 is 51.0 Å². The summed E-state index contributed by atoms with van der Waals surface area (Å²) >= 11 is 2.64. The van der Waals surface area contributed by atoms with Gasteiger partial charge in [-0.05, 0) is 48.3 Å². The van der Waals surface area contributed by atoms with Gasteiger partial charge < -0.3 is 10.2 Å². The number of hydrogen-bond acceptors (Lipinski definition) is 6. The molecule has 0 bridgehead atoms. The fourth-order valence-corrected chi connectivity index (χ4v) is 4.64. The van der Waals surface area contributed by atoms with Crippen molar-refractivity contribution < 1.29 is 9.59 Å². The largest absolute Gasteiger partial charge is 0.339 e. The minimum absolute atomic E-state index is 0.115. The standard InChI is InChI=1S/C22H21N5O2S2/c1-13-19-14(12-16(17-10-7-11-30-17)23-20(19)27(4)25-13)21(28)24-15-8-5-6-9-18(15)31-22(29)26(2)3/h5-12H,1-4H3,(H,24,28). The highest BCUT2D eigenvalue weighted by Gasteiger charge is 2.21. The van der Waals surface area contributed by atoms with Crippen LogP contribution in [0, 0.1) is 6.92 Å². The molecule has 2 amide bonds. The molecule has 0 saturated carbocycles. The lowest BCUT2D eigenvalue weighted by atomic mass is 10.1. The van der Waals surface area contributed by atoms with Gasteiger partial charge in [0.15, 0.2) is 5.65 Å². The Morgan fingerprint density at radius 2 is 1.94 bits per heavy atom. The molecule has 3 heterocycles.